The highest BCUT2D eigenvalue weighted by molar-refractivity contribution is 7.19. The summed E-state index contributed by atoms with van der Waals surface area (Å²) in [7, 11) is 0. The van der Waals surface area contributed by atoms with Crippen LogP contribution >= 0.6 is 22.9 Å². The van der Waals surface area contributed by atoms with Crippen molar-refractivity contribution in [3.63, 3.8) is 0 Å². The fourth-order valence-corrected chi connectivity index (χ4v) is 4.87. The van der Waals surface area contributed by atoms with Gasteiger partial charge in [-0.25, -0.2) is 4.39 Å². The molecule has 4 rings (SSSR count). The lowest BCUT2D eigenvalue weighted by atomic mass is 9.90. The summed E-state index contributed by atoms with van der Waals surface area (Å²) in [5.74, 6) is 0. The lowest BCUT2D eigenvalue weighted by Crippen LogP contribution is -2.55. The molecule has 0 bridgehead atoms. The molecule has 8 heteroatoms. The van der Waals surface area contributed by atoms with E-state index >= 15 is 4.39 Å². The molecular weight excluding hydrogens is 419 g/mol. The predicted molar refractivity (Wildman–Crippen MR) is 109 cm³/mol. The van der Waals surface area contributed by atoms with Crippen LogP contribution in [0.1, 0.15) is 28.3 Å². The first-order valence-electron chi connectivity index (χ1n) is 9.13. The molecular formula is C21H20ClFO5S. The lowest BCUT2D eigenvalue weighted by Gasteiger charge is -2.40. The third-order valence-corrected chi connectivity index (χ3v) is 6.70. The summed E-state index contributed by atoms with van der Waals surface area (Å²) in [6.07, 6.45) is -7.97. The first kappa shape index (κ1) is 20.7. The molecule has 0 aliphatic carbocycles. The second kappa shape index (κ2) is 8.28. The molecule has 4 N–H and O–H groups in total. The first-order chi connectivity index (χ1) is 13.9. The number of halogens is 2. The molecule has 2 heterocycles. The van der Waals surface area contributed by atoms with Crippen molar-refractivity contribution in [3.8, 4) is 0 Å². The van der Waals surface area contributed by atoms with E-state index in [9.17, 15) is 20.4 Å². The highest BCUT2D eigenvalue weighted by Crippen LogP contribution is 2.40. The van der Waals surface area contributed by atoms with Crippen molar-refractivity contribution in [2.24, 2.45) is 0 Å². The molecule has 3 aromatic rings. The zero-order valence-corrected chi connectivity index (χ0v) is 16.7. The maximum absolute atomic E-state index is 15.4. The van der Waals surface area contributed by atoms with Crippen molar-refractivity contribution in [1.29, 1.82) is 0 Å². The lowest BCUT2D eigenvalue weighted by molar-refractivity contribution is -0.231. The van der Waals surface area contributed by atoms with Crippen molar-refractivity contribution >= 4 is 33.0 Å². The summed E-state index contributed by atoms with van der Waals surface area (Å²) in [5.41, 5.74) is 0.609. The Bertz CT molecular complexity index is 977. The number of ether oxygens (including phenoxy) is 1. The molecule has 29 heavy (non-hydrogen) atoms. The molecule has 5 nitrogen and oxygen atoms in total. The number of rotatable bonds is 4. The van der Waals surface area contributed by atoms with Gasteiger partial charge in [0.1, 0.15) is 30.5 Å². The predicted octanol–water partition coefficient (Wildman–Crippen LogP) is 3.13. The number of hydrogen-bond acceptors (Lipinski definition) is 6. The summed E-state index contributed by atoms with van der Waals surface area (Å²) < 4.78 is 21.9. The van der Waals surface area contributed by atoms with E-state index in [1.54, 1.807) is 12.1 Å². The molecule has 1 saturated heterocycles. The van der Waals surface area contributed by atoms with Gasteiger partial charge in [0.25, 0.3) is 0 Å². The molecule has 154 valence electrons. The van der Waals surface area contributed by atoms with Crippen molar-refractivity contribution in [1.82, 2.24) is 0 Å². The van der Waals surface area contributed by atoms with Crippen LogP contribution in [0.4, 0.5) is 4.39 Å². The minimum atomic E-state index is -1.51. The minimum Gasteiger partial charge on any atom is -0.394 e. The maximum Gasteiger partial charge on any atom is 0.161 e. The number of aliphatic hydroxyl groups is 4. The summed E-state index contributed by atoms with van der Waals surface area (Å²) in [5, 5.41) is 40.9. The van der Waals surface area contributed by atoms with E-state index in [0.29, 0.717) is 10.4 Å². The van der Waals surface area contributed by atoms with E-state index in [0.717, 1.165) is 10.1 Å². The van der Waals surface area contributed by atoms with Gasteiger partial charge >= 0.3 is 0 Å². The van der Waals surface area contributed by atoms with Gasteiger partial charge in [0.05, 0.1) is 6.61 Å². The Hall–Kier alpha value is -1.58. The van der Waals surface area contributed by atoms with Gasteiger partial charge in [-0.15, -0.1) is 11.3 Å². The summed E-state index contributed by atoms with van der Waals surface area (Å²) >= 11 is 7.59. The highest BCUT2D eigenvalue weighted by atomic mass is 35.5. The summed E-state index contributed by atoms with van der Waals surface area (Å²) in [6.45, 7) is -0.532. The van der Waals surface area contributed by atoms with Crippen LogP contribution in [0, 0.1) is 0 Å². The number of fused-ring (bicyclic) bond motifs is 1. The Labute approximate surface area is 175 Å². The zero-order chi connectivity index (χ0) is 20.7. The molecule has 0 radical (unpaired) electrons. The topological polar surface area (TPSA) is 90.2 Å². The van der Waals surface area contributed by atoms with Gasteiger partial charge in [-0.3, -0.25) is 0 Å². The SMILES string of the molecule is OC[C@H]1O[C@@H](c2ccc(Cl)c(C(F)c3cc4ccccc4s3)c2)[C@H](O)[C@@H](O)[C@@H]1O. The van der Waals surface area contributed by atoms with Crippen LogP contribution in [0.5, 0.6) is 0 Å². The van der Waals surface area contributed by atoms with E-state index in [-0.39, 0.29) is 10.6 Å². The fraction of sp³-hybridized carbons (Fsp3) is 0.333. The molecule has 0 saturated carbocycles. The van der Waals surface area contributed by atoms with Crippen molar-refractivity contribution < 1.29 is 29.6 Å². The third kappa shape index (κ3) is 3.80. The largest absolute Gasteiger partial charge is 0.394 e. The monoisotopic (exact) mass is 438 g/mol. The van der Waals surface area contributed by atoms with E-state index in [1.807, 2.05) is 24.3 Å². The number of thiophene rings is 1. The van der Waals surface area contributed by atoms with Gasteiger partial charge in [0, 0.05) is 20.2 Å². The second-order valence-electron chi connectivity index (χ2n) is 7.08. The Morgan fingerprint density at radius 1 is 1.03 bits per heavy atom. The quantitative estimate of drug-likeness (QED) is 0.502. The zero-order valence-electron chi connectivity index (χ0n) is 15.2. The highest BCUT2D eigenvalue weighted by Gasteiger charge is 2.44. The van der Waals surface area contributed by atoms with Gasteiger partial charge in [0.15, 0.2) is 6.17 Å². The van der Waals surface area contributed by atoms with Crippen LogP contribution in [0.2, 0.25) is 5.02 Å². The minimum absolute atomic E-state index is 0.215. The second-order valence-corrected chi connectivity index (χ2v) is 8.60. The standard InChI is InChI=1S/C21H20ClFO5S/c22-13-6-5-11(21-20(27)19(26)18(25)14(9-24)28-21)7-12(13)17(23)16-8-10-3-1-2-4-15(10)29-16/h1-8,14,17-21,24-27H,9H2/t14-,17?,18-,19+,20-,21+/m1/s1. The first-order valence-corrected chi connectivity index (χ1v) is 10.3. The van der Waals surface area contributed by atoms with E-state index < -0.39 is 43.3 Å². The fourth-order valence-electron chi connectivity index (χ4n) is 3.59. The molecule has 0 spiro atoms. The Morgan fingerprint density at radius 2 is 1.79 bits per heavy atom. The van der Waals surface area contributed by atoms with Gasteiger partial charge in [0.2, 0.25) is 0 Å². The molecule has 1 fully saturated rings. The number of alkyl halides is 1. The van der Waals surface area contributed by atoms with Crippen molar-refractivity contribution in [3.05, 3.63) is 69.6 Å². The average Bonchev–Trinajstić information content (AvgIpc) is 3.17. The van der Waals surface area contributed by atoms with Crippen LogP contribution < -0.4 is 0 Å². The van der Waals surface area contributed by atoms with Gasteiger partial charge in [-0.05, 0) is 35.2 Å². The summed E-state index contributed by atoms with van der Waals surface area (Å²) in [6, 6.07) is 14.0. The molecule has 2 aromatic carbocycles. The van der Waals surface area contributed by atoms with Gasteiger partial charge in [-0.1, -0.05) is 35.9 Å². The third-order valence-electron chi connectivity index (χ3n) is 5.21. The van der Waals surface area contributed by atoms with Gasteiger partial charge < -0.3 is 25.2 Å². The number of aliphatic hydroxyl groups excluding tert-OH is 4. The van der Waals surface area contributed by atoms with Crippen LogP contribution in [-0.4, -0.2) is 51.4 Å². The van der Waals surface area contributed by atoms with Crippen molar-refractivity contribution in [2.75, 3.05) is 6.61 Å². The maximum atomic E-state index is 15.4. The van der Waals surface area contributed by atoms with Gasteiger partial charge in [-0.2, -0.15) is 0 Å². The van der Waals surface area contributed by atoms with Crippen LogP contribution in [0.3, 0.4) is 0 Å². The number of benzene rings is 2. The molecule has 1 aliphatic heterocycles. The van der Waals surface area contributed by atoms with E-state index in [2.05, 4.69) is 0 Å². The van der Waals surface area contributed by atoms with E-state index in [1.165, 1.54) is 23.5 Å². The smallest absolute Gasteiger partial charge is 0.161 e. The molecule has 0 amide bonds. The van der Waals surface area contributed by atoms with Crippen LogP contribution in [0.25, 0.3) is 10.1 Å². The molecule has 1 aliphatic rings. The Kier molecular flexibility index (Phi) is 5.90. The summed E-state index contributed by atoms with van der Waals surface area (Å²) in [4.78, 5) is 0.499. The molecule has 1 unspecified atom stereocenters. The van der Waals surface area contributed by atoms with Crippen LogP contribution in [0.15, 0.2) is 48.5 Å². The number of hydrogen-bond donors (Lipinski definition) is 4. The molecule has 1 aromatic heterocycles. The van der Waals surface area contributed by atoms with E-state index in [4.69, 9.17) is 16.3 Å². The Balaban J connectivity index is 1.68. The van der Waals surface area contributed by atoms with Crippen molar-refractivity contribution in [2.45, 2.75) is 36.7 Å². The molecule has 6 atom stereocenters. The Morgan fingerprint density at radius 3 is 2.52 bits per heavy atom. The normalized spacial score (nSPS) is 28.6. The van der Waals surface area contributed by atoms with Crippen LogP contribution in [-0.2, 0) is 4.74 Å². The average molecular weight is 439 g/mol.